The lowest BCUT2D eigenvalue weighted by Crippen LogP contribution is -2.49. The number of carbonyl (C=O) groups is 2. The molecule has 2 rings (SSSR count). The Labute approximate surface area is 120 Å². The standard InChI is InChI=1S/C13H13ClFNO4/c1-19-13(18)10-7-16(5-6-20-10)12(17)8-3-2-4-9(14)11(8)15/h2-4,10H,5-7H2,1H3. The highest BCUT2D eigenvalue weighted by Gasteiger charge is 2.31. The fourth-order valence-corrected chi connectivity index (χ4v) is 2.12. The number of esters is 1. The minimum atomic E-state index is -0.847. The van der Waals surface area contributed by atoms with Gasteiger partial charge < -0.3 is 14.4 Å². The molecule has 0 spiro atoms. The maximum atomic E-state index is 13.8. The van der Waals surface area contributed by atoms with Gasteiger partial charge in [0.05, 0.1) is 30.8 Å². The fourth-order valence-electron chi connectivity index (χ4n) is 1.95. The second-order valence-corrected chi connectivity index (χ2v) is 4.64. The zero-order valence-electron chi connectivity index (χ0n) is 10.8. The van der Waals surface area contributed by atoms with Gasteiger partial charge in [-0.2, -0.15) is 0 Å². The first-order valence-corrected chi connectivity index (χ1v) is 6.35. The van der Waals surface area contributed by atoms with Gasteiger partial charge in [-0.05, 0) is 12.1 Å². The number of benzene rings is 1. The van der Waals surface area contributed by atoms with Crippen LogP contribution in [-0.2, 0) is 14.3 Å². The molecule has 0 aromatic heterocycles. The first kappa shape index (κ1) is 14.7. The number of nitrogens with zero attached hydrogens (tertiary/aromatic N) is 1. The van der Waals surface area contributed by atoms with Gasteiger partial charge >= 0.3 is 5.97 Å². The molecule has 0 aliphatic carbocycles. The van der Waals surface area contributed by atoms with E-state index in [1.807, 2.05) is 0 Å². The first-order chi connectivity index (χ1) is 9.54. The zero-order valence-corrected chi connectivity index (χ0v) is 11.5. The topological polar surface area (TPSA) is 55.8 Å². The molecule has 1 aromatic carbocycles. The molecule has 1 aromatic rings. The van der Waals surface area contributed by atoms with Gasteiger partial charge in [-0.25, -0.2) is 9.18 Å². The highest BCUT2D eigenvalue weighted by molar-refractivity contribution is 6.31. The van der Waals surface area contributed by atoms with Crippen molar-refractivity contribution in [2.45, 2.75) is 6.10 Å². The normalized spacial score (nSPS) is 18.8. The number of hydrogen-bond donors (Lipinski definition) is 0. The fraction of sp³-hybridized carbons (Fsp3) is 0.385. The smallest absolute Gasteiger partial charge is 0.336 e. The van der Waals surface area contributed by atoms with E-state index in [0.29, 0.717) is 0 Å². The molecular formula is C13H13ClFNO4. The average Bonchev–Trinajstić information content (AvgIpc) is 2.48. The third-order valence-corrected chi connectivity index (χ3v) is 3.29. The molecule has 5 nitrogen and oxygen atoms in total. The number of carbonyl (C=O) groups excluding carboxylic acids is 2. The quantitative estimate of drug-likeness (QED) is 0.777. The Morgan fingerprint density at radius 2 is 2.25 bits per heavy atom. The third kappa shape index (κ3) is 2.91. The molecule has 108 valence electrons. The maximum absolute atomic E-state index is 13.8. The van der Waals surface area contributed by atoms with Crippen LogP contribution in [-0.4, -0.2) is 49.7 Å². The van der Waals surface area contributed by atoms with Crippen molar-refractivity contribution in [2.75, 3.05) is 26.8 Å². The predicted octanol–water partition coefficient (Wildman–Crippen LogP) is 1.49. The molecule has 0 radical (unpaired) electrons. The van der Waals surface area contributed by atoms with E-state index in [9.17, 15) is 14.0 Å². The molecule has 1 fully saturated rings. The summed E-state index contributed by atoms with van der Waals surface area (Å²) < 4.78 is 23.6. The summed E-state index contributed by atoms with van der Waals surface area (Å²) in [7, 11) is 1.24. The van der Waals surface area contributed by atoms with Crippen molar-refractivity contribution in [3.63, 3.8) is 0 Å². The van der Waals surface area contributed by atoms with Crippen LogP contribution in [0.25, 0.3) is 0 Å². The molecule has 1 amide bonds. The predicted molar refractivity (Wildman–Crippen MR) is 69.1 cm³/mol. The van der Waals surface area contributed by atoms with Gasteiger partial charge in [-0.3, -0.25) is 4.79 Å². The summed E-state index contributed by atoms with van der Waals surface area (Å²) in [6.07, 6.45) is -0.847. The molecule has 7 heteroatoms. The molecule has 0 bridgehead atoms. The number of ether oxygens (including phenoxy) is 2. The zero-order chi connectivity index (χ0) is 14.7. The number of hydrogen-bond acceptors (Lipinski definition) is 4. The van der Waals surface area contributed by atoms with E-state index < -0.39 is 23.8 Å². The van der Waals surface area contributed by atoms with E-state index in [1.54, 1.807) is 0 Å². The van der Waals surface area contributed by atoms with Gasteiger partial charge in [0.2, 0.25) is 0 Å². The molecule has 1 aliphatic rings. The van der Waals surface area contributed by atoms with Crippen LogP contribution in [0.5, 0.6) is 0 Å². The SMILES string of the molecule is COC(=O)C1CN(C(=O)c2cccc(Cl)c2F)CCO1. The number of amides is 1. The lowest BCUT2D eigenvalue weighted by atomic mass is 10.1. The van der Waals surface area contributed by atoms with Crippen molar-refractivity contribution in [3.8, 4) is 0 Å². The van der Waals surface area contributed by atoms with E-state index in [-0.39, 0.29) is 30.3 Å². The van der Waals surface area contributed by atoms with Crippen molar-refractivity contribution in [2.24, 2.45) is 0 Å². The Morgan fingerprint density at radius 1 is 1.50 bits per heavy atom. The molecule has 1 atom stereocenters. The second-order valence-electron chi connectivity index (χ2n) is 4.24. The Kier molecular flexibility index (Phi) is 4.57. The molecule has 20 heavy (non-hydrogen) atoms. The van der Waals surface area contributed by atoms with Gasteiger partial charge in [-0.15, -0.1) is 0 Å². The van der Waals surface area contributed by atoms with Crippen molar-refractivity contribution < 1.29 is 23.5 Å². The highest BCUT2D eigenvalue weighted by atomic mass is 35.5. The van der Waals surface area contributed by atoms with E-state index in [4.69, 9.17) is 16.3 Å². The van der Waals surface area contributed by atoms with E-state index in [2.05, 4.69) is 4.74 Å². The summed E-state index contributed by atoms with van der Waals surface area (Å²) in [5, 5.41) is -0.117. The minimum absolute atomic E-state index is 0.0253. The van der Waals surface area contributed by atoms with Crippen molar-refractivity contribution in [1.29, 1.82) is 0 Å². The van der Waals surface area contributed by atoms with Crippen molar-refractivity contribution >= 4 is 23.5 Å². The summed E-state index contributed by atoms with van der Waals surface area (Å²) in [6, 6.07) is 4.22. The van der Waals surface area contributed by atoms with Crippen LogP contribution in [0.15, 0.2) is 18.2 Å². The highest BCUT2D eigenvalue weighted by Crippen LogP contribution is 2.20. The summed E-state index contributed by atoms with van der Waals surface area (Å²) in [5.41, 5.74) is -0.122. The van der Waals surface area contributed by atoms with Crippen molar-refractivity contribution in [1.82, 2.24) is 4.90 Å². The summed E-state index contributed by atoms with van der Waals surface area (Å²) >= 11 is 5.65. The van der Waals surface area contributed by atoms with Crippen LogP contribution in [0, 0.1) is 5.82 Å². The number of methoxy groups -OCH3 is 1. The summed E-state index contributed by atoms with van der Waals surface area (Å²) in [6.45, 7) is 0.490. The molecule has 0 N–H and O–H groups in total. The largest absolute Gasteiger partial charge is 0.467 e. The Morgan fingerprint density at radius 3 is 2.95 bits per heavy atom. The van der Waals surface area contributed by atoms with Crippen LogP contribution < -0.4 is 0 Å². The molecule has 0 saturated carbocycles. The van der Waals surface area contributed by atoms with Gasteiger partial charge in [0.1, 0.15) is 0 Å². The van der Waals surface area contributed by atoms with Crippen LogP contribution >= 0.6 is 11.6 Å². The Hall–Kier alpha value is -1.66. The van der Waals surface area contributed by atoms with Crippen LogP contribution in [0.1, 0.15) is 10.4 Å². The minimum Gasteiger partial charge on any atom is -0.467 e. The van der Waals surface area contributed by atoms with Gasteiger partial charge in [-0.1, -0.05) is 17.7 Å². The van der Waals surface area contributed by atoms with E-state index >= 15 is 0 Å². The van der Waals surface area contributed by atoms with Crippen LogP contribution in [0.4, 0.5) is 4.39 Å². The van der Waals surface area contributed by atoms with Gasteiger partial charge in [0.15, 0.2) is 11.9 Å². The monoisotopic (exact) mass is 301 g/mol. The van der Waals surface area contributed by atoms with Gasteiger partial charge in [0, 0.05) is 6.54 Å². The van der Waals surface area contributed by atoms with Gasteiger partial charge in [0.25, 0.3) is 5.91 Å². The van der Waals surface area contributed by atoms with Crippen molar-refractivity contribution in [3.05, 3.63) is 34.6 Å². The van der Waals surface area contributed by atoms with E-state index in [1.165, 1.54) is 30.2 Å². The van der Waals surface area contributed by atoms with Crippen LogP contribution in [0.2, 0.25) is 5.02 Å². The second kappa shape index (κ2) is 6.19. The lowest BCUT2D eigenvalue weighted by Gasteiger charge is -2.31. The number of rotatable bonds is 2. The summed E-state index contributed by atoms with van der Waals surface area (Å²) in [5.74, 6) is -1.85. The maximum Gasteiger partial charge on any atom is 0.336 e. The average molecular weight is 302 g/mol. The molecular weight excluding hydrogens is 289 g/mol. The molecule has 1 unspecified atom stereocenters. The van der Waals surface area contributed by atoms with E-state index in [0.717, 1.165) is 0 Å². The third-order valence-electron chi connectivity index (χ3n) is 3.00. The summed E-state index contributed by atoms with van der Waals surface area (Å²) in [4.78, 5) is 25.0. The molecule has 1 aliphatic heterocycles. The Bertz CT molecular complexity index is 537. The lowest BCUT2D eigenvalue weighted by molar-refractivity contribution is -0.158. The Balaban J connectivity index is 2.16. The van der Waals surface area contributed by atoms with Crippen LogP contribution in [0.3, 0.4) is 0 Å². The number of halogens is 2. The first-order valence-electron chi connectivity index (χ1n) is 5.97. The molecule has 1 saturated heterocycles. The molecule has 1 heterocycles. The number of morpholine rings is 1.